The van der Waals surface area contributed by atoms with E-state index >= 15 is 0 Å². The molecular weight excluding hydrogens is 591 g/mol. The van der Waals surface area contributed by atoms with Crippen molar-refractivity contribution >= 4 is 52.2 Å². The number of benzene rings is 2. The van der Waals surface area contributed by atoms with Crippen LogP contribution in [0.25, 0.3) is 5.83 Å². The Morgan fingerprint density at radius 2 is 1.61 bits per heavy atom. The number of carbonyl (C=O) groups is 1. The number of alkyl halides is 6. The lowest BCUT2D eigenvalue weighted by Crippen LogP contribution is -2.20. The van der Waals surface area contributed by atoms with Crippen molar-refractivity contribution in [2.75, 3.05) is 11.9 Å². The van der Waals surface area contributed by atoms with Gasteiger partial charge in [-0.3, -0.25) is 4.79 Å². The summed E-state index contributed by atoms with van der Waals surface area (Å²) in [5, 5.41) is 1.44. The summed E-state index contributed by atoms with van der Waals surface area (Å²) in [5.41, 5.74) is -3.94. The van der Waals surface area contributed by atoms with Crippen molar-refractivity contribution in [2.24, 2.45) is 0 Å². The van der Waals surface area contributed by atoms with Crippen molar-refractivity contribution in [3.05, 3.63) is 97.9 Å². The smallest absolute Gasteiger partial charge is 0.363 e. The first-order valence-electron chi connectivity index (χ1n) is 10.3. The minimum Gasteiger partial charge on any atom is -0.363 e. The number of hydrogen-bond acceptors (Lipinski definition) is 3. The van der Waals surface area contributed by atoms with Crippen LogP contribution in [0.1, 0.15) is 33.0 Å². The Kier molecular flexibility index (Phi) is 8.95. The number of aromatic nitrogens is 1. The molecule has 0 fully saturated rings. The number of carbonyl (C=O) groups excluding carboxylic acids is 1. The summed E-state index contributed by atoms with van der Waals surface area (Å²) in [5.74, 6) is -6.43. The van der Waals surface area contributed by atoms with Gasteiger partial charge in [-0.15, -0.1) is 0 Å². The van der Waals surface area contributed by atoms with Crippen LogP contribution >= 0.6 is 34.8 Å². The van der Waals surface area contributed by atoms with E-state index in [0.717, 1.165) is 24.3 Å². The first kappa shape index (κ1) is 29.7. The normalized spacial score (nSPS) is 13.4. The number of anilines is 1. The summed E-state index contributed by atoms with van der Waals surface area (Å²) < 4.78 is 110. The maximum Gasteiger partial charge on any atom is 0.417 e. The van der Waals surface area contributed by atoms with E-state index in [-0.39, 0.29) is 33.0 Å². The summed E-state index contributed by atoms with van der Waals surface area (Å²) in [6.07, 6.45) is -10.2. The predicted octanol–water partition coefficient (Wildman–Crippen LogP) is 9.15. The van der Waals surface area contributed by atoms with Crippen molar-refractivity contribution in [2.45, 2.75) is 18.3 Å². The van der Waals surface area contributed by atoms with Gasteiger partial charge in [0.15, 0.2) is 5.78 Å². The van der Waals surface area contributed by atoms with Gasteiger partial charge in [-0.05, 0) is 42.0 Å². The number of Topliss-reactive ketones (excluding diaryl/α,β-unsaturated/α-hetero) is 1. The van der Waals surface area contributed by atoms with Gasteiger partial charge < -0.3 is 5.32 Å². The number of rotatable bonds is 7. The van der Waals surface area contributed by atoms with Crippen LogP contribution in [0.4, 0.5) is 40.9 Å². The van der Waals surface area contributed by atoms with Gasteiger partial charge in [-0.1, -0.05) is 53.0 Å². The van der Waals surface area contributed by atoms with E-state index in [1.54, 1.807) is 0 Å². The van der Waals surface area contributed by atoms with Gasteiger partial charge >= 0.3 is 12.4 Å². The summed E-state index contributed by atoms with van der Waals surface area (Å²) in [6, 6.07) is 6.71. The van der Waals surface area contributed by atoms with Crippen LogP contribution in [0, 0.1) is 5.95 Å². The molecule has 1 atom stereocenters. The summed E-state index contributed by atoms with van der Waals surface area (Å²) >= 11 is 17.3. The standard InChI is InChI=1S/C24H13Cl3F8N2O/c25-16-7-12(8-17(26)22(16)27)14(23(30,31)32)9-18(28)11-4-5-13(15(6-11)24(33,34)35)19(38)10-36-21-3-1-2-20(29)37-21/h1-9,14H,10H2,(H,36,37)/b18-9-. The Bertz CT molecular complexity index is 1370. The summed E-state index contributed by atoms with van der Waals surface area (Å²) in [4.78, 5) is 15.9. The number of pyridine rings is 1. The van der Waals surface area contributed by atoms with Crippen LogP contribution in [0.15, 0.2) is 54.6 Å². The number of nitrogens with one attached hydrogen (secondary N) is 1. The molecule has 0 amide bonds. The highest BCUT2D eigenvalue weighted by Gasteiger charge is 2.41. The minimum atomic E-state index is -5.17. The van der Waals surface area contributed by atoms with Crippen molar-refractivity contribution in [1.29, 1.82) is 0 Å². The third-order valence-corrected chi connectivity index (χ3v) is 6.27. The third-order valence-electron chi connectivity index (χ3n) is 5.08. The monoisotopic (exact) mass is 602 g/mol. The lowest BCUT2D eigenvalue weighted by atomic mass is 9.95. The van der Waals surface area contributed by atoms with Crippen molar-refractivity contribution in [3.8, 4) is 0 Å². The number of nitrogens with zero attached hydrogens (tertiary/aromatic N) is 1. The first-order chi connectivity index (χ1) is 17.6. The summed E-state index contributed by atoms with van der Waals surface area (Å²) in [7, 11) is 0. The fourth-order valence-corrected chi connectivity index (χ4v) is 3.93. The zero-order valence-electron chi connectivity index (χ0n) is 18.5. The van der Waals surface area contributed by atoms with Crippen LogP contribution in [0.3, 0.4) is 0 Å². The second-order valence-electron chi connectivity index (χ2n) is 7.71. The molecule has 0 aliphatic carbocycles. The van der Waals surface area contributed by atoms with E-state index in [1.165, 1.54) is 12.1 Å². The molecule has 38 heavy (non-hydrogen) atoms. The molecule has 202 valence electrons. The van der Waals surface area contributed by atoms with Gasteiger partial charge in [0.1, 0.15) is 17.6 Å². The third kappa shape index (κ3) is 7.15. The lowest BCUT2D eigenvalue weighted by Gasteiger charge is -2.19. The Morgan fingerprint density at radius 1 is 0.974 bits per heavy atom. The fourth-order valence-electron chi connectivity index (χ4n) is 3.32. The van der Waals surface area contributed by atoms with Crippen LogP contribution in [0.5, 0.6) is 0 Å². The highest BCUT2D eigenvalue weighted by molar-refractivity contribution is 6.48. The zero-order valence-corrected chi connectivity index (χ0v) is 20.8. The highest BCUT2D eigenvalue weighted by Crippen LogP contribution is 2.42. The van der Waals surface area contributed by atoms with Crippen LogP contribution in [0.2, 0.25) is 15.1 Å². The molecule has 0 aliphatic rings. The van der Waals surface area contributed by atoms with E-state index in [1.807, 2.05) is 0 Å². The molecular formula is C24H13Cl3F8N2O. The fraction of sp³-hybridized carbons (Fsp3) is 0.167. The molecule has 14 heteroatoms. The maximum absolute atomic E-state index is 15.0. The Labute approximate surface area is 225 Å². The molecule has 1 heterocycles. The number of allylic oxidation sites excluding steroid dienone is 1. The molecule has 0 spiro atoms. The zero-order chi connectivity index (χ0) is 28.4. The quantitative estimate of drug-likeness (QED) is 0.127. The summed E-state index contributed by atoms with van der Waals surface area (Å²) in [6.45, 7) is -0.731. The van der Waals surface area contributed by atoms with Gasteiger partial charge in [0.2, 0.25) is 5.95 Å². The van der Waals surface area contributed by atoms with Gasteiger partial charge in [0.05, 0.1) is 27.2 Å². The second-order valence-corrected chi connectivity index (χ2v) is 8.91. The molecule has 1 unspecified atom stereocenters. The SMILES string of the molecule is O=C(CNc1cccc(F)n1)c1ccc(/C(F)=C/C(c2cc(Cl)c(Cl)c(Cl)c2)C(F)(F)F)cc1C(F)(F)F. The molecule has 0 saturated carbocycles. The topological polar surface area (TPSA) is 42.0 Å². The van der Waals surface area contributed by atoms with E-state index in [4.69, 9.17) is 34.8 Å². The van der Waals surface area contributed by atoms with Crippen LogP contribution in [-0.2, 0) is 6.18 Å². The average Bonchev–Trinajstić information content (AvgIpc) is 2.82. The molecule has 1 aromatic heterocycles. The van der Waals surface area contributed by atoms with Crippen molar-refractivity contribution in [1.82, 2.24) is 4.98 Å². The van der Waals surface area contributed by atoms with E-state index in [2.05, 4.69) is 10.3 Å². The highest BCUT2D eigenvalue weighted by atomic mass is 35.5. The van der Waals surface area contributed by atoms with E-state index in [0.29, 0.717) is 6.07 Å². The Hall–Kier alpha value is -2.89. The Morgan fingerprint density at radius 3 is 2.16 bits per heavy atom. The molecule has 3 rings (SSSR count). The van der Waals surface area contributed by atoms with Crippen molar-refractivity contribution < 1.29 is 39.9 Å². The van der Waals surface area contributed by atoms with Gasteiger partial charge in [0.25, 0.3) is 0 Å². The molecule has 0 radical (unpaired) electrons. The van der Waals surface area contributed by atoms with E-state index < -0.39 is 64.6 Å². The Balaban J connectivity index is 1.98. The molecule has 3 aromatic rings. The van der Waals surface area contributed by atoms with Crippen molar-refractivity contribution in [3.63, 3.8) is 0 Å². The van der Waals surface area contributed by atoms with Crippen LogP contribution < -0.4 is 5.32 Å². The average molecular weight is 604 g/mol. The van der Waals surface area contributed by atoms with E-state index in [9.17, 15) is 39.9 Å². The second kappa shape index (κ2) is 11.5. The maximum atomic E-state index is 15.0. The minimum absolute atomic E-state index is 0.0596. The van der Waals surface area contributed by atoms with Gasteiger partial charge in [-0.2, -0.15) is 30.7 Å². The van der Waals surface area contributed by atoms with Crippen LogP contribution in [-0.4, -0.2) is 23.5 Å². The predicted molar refractivity (Wildman–Crippen MR) is 128 cm³/mol. The molecule has 0 aliphatic heterocycles. The molecule has 0 saturated heterocycles. The molecule has 2 aromatic carbocycles. The molecule has 0 bridgehead atoms. The first-order valence-corrected chi connectivity index (χ1v) is 11.4. The number of hydrogen-bond donors (Lipinski definition) is 1. The lowest BCUT2D eigenvalue weighted by molar-refractivity contribution is -0.140. The number of halogens is 11. The largest absolute Gasteiger partial charge is 0.417 e. The molecule has 3 nitrogen and oxygen atoms in total. The van der Waals surface area contributed by atoms with Gasteiger partial charge in [0, 0.05) is 11.1 Å². The van der Waals surface area contributed by atoms with Gasteiger partial charge in [-0.25, -0.2) is 9.37 Å². The molecule has 1 N–H and O–H groups in total. The number of ketones is 1.